The highest BCUT2D eigenvalue weighted by Crippen LogP contribution is 2.35. The number of hydrogen-bond acceptors (Lipinski definition) is 6. The molecule has 0 radical (unpaired) electrons. The fourth-order valence-electron chi connectivity index (χ4n) is 3.82. The zero-order chi connectivity index (χ0) is 24.6. The molecule has 1 atom stereocenters. The molecular formula is C22H21ClFN3O6S. The Morgan fingerprint density at radius 1 is 1.21 bits per heavy atom. The number of sulfonamides is 1. The van der Waals surface area contributed by atoms with Crippen LogP contribution in [-0.2, 0) is 10.0 Å². The molecule has 1 saturated heterocycles. The van der Waals surface area contributed by atoms with E-state index in [-0.39, 0.29) is 40.3 Å². The Bertz CT molecular complexity index is 1450. The van der Waals surface area contributed by atoms with Crippen molar-refractivity contribution in [2.24, 2.45) is 0 Å². The Kier molecular flexibility index (Phi) is 6.52. The summed E-state index contributed by atoms with van der Waals surface area (Å²) in [6.45, 7) is 1.81. The summed E-state index contributed by atoms with van der Waals surface area (Å²) in [6, 6.07) is 6.53. The first-order valence-electron chi connectivity index (χ1n) is 10.3. The maximum atomic E-state index is 13.6. The third-order valence-corrected chi connectivity index (χ3v) is 7.61. The van der Waals surface area contributed by atoms with Crippen LogP contribution in [0.3, 0.4) is 0 Å². The van der Waals surface area contributed by atoms with Crippen LogP contribution in [0.25, 0.3) is 0 Å². The van der Waals surface area contributed by atoms with Gasteiger partial charge in [0.1, 0.15) is 11.6 Å². The number of aromatic hydroxyl groups is 1. The summed E-state index contributed by atoms with van der Waals surface area (Å²) in [7, 11) is -4.03. The summed E-state index contributed by atoms with van der Waals surface area (Å²) in [4.78, 5) is 26.0. The highest BCUT2D eigenvalue weighted by Gasteiger charge is 2.32. The zero-order valence-corrected chi connectivity index (χ0v) is 19.6. The molecule has 2 heterocycles. The predicted molar refractivity (Wildman–Crippen MR) is 123 cm³/mol. The van der Waals surface area contributed by atoms with Crippen LogP contribution in [0.15, 0.2) is 57.1 Å². The first-order valence-corrected chi connectivity index (χ1v) is 12.2. The van der Waals surface area contributed by atoms with Gasteiger partial charge in [0.15, 0.2) is 11.5 Å². The van der Waals surface area contributed by atoms with Crippen LogP contribution in [0.2, 0.25) is 5.02 Å². The maximum Gasteiger partial charge on any atom is 0.328 e. The van der Waals surface area contributed by atoms with E-state index < -0.39 is 33.1 Å². The number of aromatic amines is 1. The van der Waals surface area contributed by atoms with E-state index >= 15 is 0 Å². The van der Waals surface area contributed by atoms with Crippen LogP contribution in [0.5, 0.6) is 17.2 Å². The van der Waals surface area contributed by atoms with E-state index in [0.29, 0.717) is 18.4 Å². The van der Waals surface area contributed by atoms with Crippen molar-refractivity contribution in [3.8, 4) is 17.2 Å². The monoisotopic (exact) mass is 509 g/mol. The number of phenolic OH excluding ortho intramolecular Hbond substituents is 1. The average molecular weight is 510 g/mol. The lowest BCUT2D eigenvalue weighted by molar-refractivity contribution is 0.260. The van der Waals surface area contributed by atoms with Crippen LogP contribution < -0.4 is 16.0 Å². The quantitative estimate of drug-likeness (QED) is 0.545. The summed E-state index contributed by atoms with van der Waals surface area (Å²) in [6.07, 6.45) is 2.48. The molecule has 0 spiro atoms. The van der Waals surface area contributed by atoms with Crippen LogP contribution in [-0.4, -0.2) is 40.5 Å². The fraction of sp³-hybridized carbons (Fsp3) is 0.273. The predicted octanol–water partition coefficient (Wildman–Crippen LogP) is 3.16. The minimum atomic E-state index is -4.03. The molecule has 180 valence electrons. The Labute approximate surface area is 199 Å². The molecule has 3 aromatic rings. The van der Waals surface area contributed by atoms with E-state index in [2.05, 4.69) is 4.98 Å². The first kappa shape index (κ1) is 24.0. The topological polar surface area (TPSA) is 122 Å². The van der Waals surface area contributed by atoms with Crippen molar-refractivity contribution in [1.82, 2.24) is 13.9 Å². The van der Waals surface area contributed by atoms with Gasteiger partial charge in [-0.3, -0.25) is 14.3 Å². The normalized spacial score (nSPS) is 17.0. The first-order chi connectivity index (χ1) is 16.0. The molecule has 34 heavy (non-hydrogen) atoms. The van der Waals surface area contributed by atoms with Gasteiger partial charge in [-0.1, -0.05) is 11.6 Å². The van der Waals surface area contributed by atoms with Crippen LogP contribution in [0.4, 0.5) is 4.39 Å². The molecule has 0 bridgehead atoms. The van der Waals surface area contributed by atoms with E-state index in [0.717, 1.165) is 18.2 Å². The third-order valence-electron chi connectivity index (χ3n) is 5.53. The van der Waals surface area contributed by atoms with Crippen LogP contribution >= 0.6 is 11.6 Å². The number of nitrogens with one attached hydrogen (secondary N) is 1. The summed E-state index contributed by atoms with van der Waals surface area (Å²) in [5.41, 5.74) is -0.746. The number of rotatable bonds is 5. The number of H-pyrrole nitrogens is 1. The standard InChI is InChI=1S/C22H21ClFN3O6S/c1-13-11-27(22(30)25-21(13)29)16-3-2-6-26(12-16)34(31,32)18-4-5-19(28)20(10-18)33-17-8-14(23)7-15(24)9-17/h4-5,7-11,16,28H,2-3,6,12H2,1H3,(H,25,29,30)/t16-/m0/s1. The molecule has 1 aliphatic heterocycles. The lowest BCUT2D eigenvalue weighted by Crippen LogP contribution is -2.44. The molecule has 1 aliphatic rings. The summed E-state index contributed by atoms with van der Waals surface area (Å²) >= 11 is 5.83. The second kappa shape index (κ2) is 9.24. The van der Waals surface area contributed by atoms with E-state index in [1.54, 1.807) is 6.92 Å². The zero-order valence-electron chi connectivity index (χ0n) is 18.0. The Morgan fingerprint density at radius 2 is 1.97 bits per heavy atom. The number of hydrogen-bond donors (Lipinski definition) is 2. The number of aryl methyl sites for hydroxylation is 1. The molecule has 0 saturated carbocycles. The van der Waals surface area contributed by atoms with Crippen molar-refractivity contribution >= 4 is 21.6 Å². The molecule has 1 fully saturated rings. The Morgan fingerprint density at radius 3 is 2.71 bits per heavy atom. The van der Waals surface area contributed by atoms with Crippen molar-refractivity contribution < 1.29 is 22.7 Å². The number of piperidine rings is 1. The number of benzene rings is 2. The minimum Gasteiger partial charge on any atom is -0.504 e. The van der Waals surface area contributed by atoms with E-state index in [1.807, 2.05) is 0 Å². The molecule has 0 unspecified atom stereocenters. The molecule has 2 aromatic carbocycles. The third kappa shape index (κ3) is 4.86. The number of phenols is 1. The number of halogens is 2. The van der Waals surface area contributed by atoms with Gasteiger partial charge in [0.2, 0.25) is 10.0 Å². The molecular weight excluding hydrogens is 489 g/mol. The van der Waals surface area contributed by atoms with E-state index in [1.165, 1.54) is 33.3 Å². The Balaban J connectivity index is 1.63. The fourth-order valence-corrected chi connectivity index (χ4v) is 5.57. The SMILES string of the molecule is Cc1cn([C@H]2CCCN(S(=O)(=O)c3ccc(O)c(Oc4cc(F)cc(Cl)c4)c3)C2)c(=O)[nH]c1=O. The van der Waals surface area contributed by atoms with E-state index in [4.69, 9.17) is 16.3 Å². The number of aromatic nitrogens is 2. The molecule has 1 aromatic heterocycles. The van der Waals surface area contributed by atoms with Gasteiger partial charge in [0, 0.05) is 42.0 Å². The molecule has 2 N–H and O–H groups in total. The van der Waals surface area contributed by atoms with Crippen molar-refractivity contribution in [3.05, 3.63) is 79.8 Å². The van der Waals surface area contributed by atoms with Gasteiger partial charge in [-0.25, -0.2) is 17.6 Å². The number of nitrogens with zero attached hydrogens (tertiary/aromatic N) is 2. The van der Waals surface area contributed by atoms with Crippen molar-refractivity contribution in [1.29, 1.82) is 0 Å². The molecule has 9 nitrogen and oxygen atoms in total. The van der Waals surface area contributed by atoms with Crippen molar-refractivity contribution in [2.45, 2.75) is 30.7 Å². The summed E-state index contributed by atoms with van der Waals surface area (Å²) in [5.74, 6) is -1.20. The second-order valence-corrected chi connectivity index (χ2v) is 10.3. The second-order valence-electron chi connectivity index (χ2n) is 7.97. The molecule has 0 aliphatic carbocycles. The minimum absolute atomic E-state index is 0.0132. The summed E-state index contributed by atoms with van der Waals surface area (Å²) < 4.78 is 48.4. The lowest BCUT2D eigenvalue weighted by atomic mass is 10.1. The van der Waals surface area contributed by atoms with Crippen molar-refractivity contribution in [2.75, 3.05) is 13.1 Å². The van der Waals surface area contributed by atoms with Gasteiger partial charge in [-0.05, 0) is 44.0 Å². The maximum absolute atomic E-state index is 13.6. The highest BCUT2D eigenvalue weighted by atomic mass is 35.5. The molecule has 12 heteroatoms. The van der Waals surface area contributed by atoms with Crippen molar-refractivity contribution in [3.63, 3.8) is 0 Å². The molecule has 4 rings (SSSR count). The van der Waals surface area contributed by atoms with Gasteiger partial charge in [0.05, 0.1) is 10.9 Å². The average Bonchev–Trinajstić information content (AvgIpc) is 2.77. The summed E-state index contributed by atoms with van der Waals surface area (Å²) in [5, 5.41) is 10.2. The van der Waals surface area contributed by atoms with E-state index in [9.17, 15) is 27.5 Å². The Hall–Kier alpha value is -3.15. The van der Waals surface area contributed by atoms with Gasteiger partial charge in [-0.2, -0.15) is 4.31 Å². The smallest absolute Gasteiger partial charge is 0.328 e. The largest absolute Gasteiger partial charge is 0.504 e. The van der Waals surface area contributed by atoms with Gasteiger partial charge in [0.25, 0.3) is 5.56 Å². The van der Waals surface area contributed by atoms with Gasteiger partial charge < -0.3 is 9.84 Å². The lowest BCUT2D eigenvalue weighted by Gasteiger charge is -2.32. The highest BCUT2D eigenvalue weighted by molar-refractivity contribution is 7.89. The van der Waals surface area contributed by atoms with Crippen LogP contribution in [0, 0.1) is 12.7 Å². The number of ether oxygens (including phenoxy) is 1. The molecule has 0 amide bonds. The van der Waals surface area contributed by atoms with Gasteiger partial charge >= 0.3 is 5.69 Å². The van der Waals surface area contributed by atoms with Gasteiger partial charge in [-0.15, -0.1) is 0 Å². The van der Waals surface area contributed by atoms with Crippen LogP contribution in [0.1, 0.15) is 24.4 Å².